The van der Waals surface area contributed by atoms with E-state index in [0.29, 0.717) is 11.3 Å². The maximum atomic E-state index is 11.9. The summed E-state index contributed by atoms with van der Waals surface area (Å²) in [4.78, 5) is 11.9. The lowest BCUT2D eigenvalue weighted by molar-refractivity contribution is 0.0734. The van der Waals surface area contributed by atoms with Gasteiger partial charge in [0.15, 0.2) is 0 Å². The lowest BCUT2D eigenvalue weighted by Crippen LogP contribution is -2.08. The summed E-state index contributed by atoms with van der Waals surface area (Å²) < 4.78 is 5.35. The lowest BCUT2D eigenvalue weighted by Gasteiger charge is -2.05. The largest absolute Gasteiger partial charge is 0.423 e. The van der Waals surface area contributed by atoms with E-state index >= 15 is 0 Å². The second kappa shape index (κ2) is 9.21. The van der Waals surface area contributed by atoms with E-state index in [4.69, 9.17) is 4.74 Å². The number of allylic oxidation sites excluding steroid dienone is 2. The van der Waals surface area contributed by atoms with Gasteiger partial charge >= 0.3 is 5.97 Å². The van der Waals surface area contributed by atoms with Gasteiger partial charge in [-0.3, -0.25) is 0 Å². The van der Waals surface area contributed by atoms with Crippen molar-refractivity contribution in [2.75, 3.05) is 5.33 Å². The average Bonchev–Trinajstić information content (AvgIpc) is 2.57. The molecule has 0 aliphatic carbocycles. The predicted molar refractivity (Wildman–Crippen MR) is 93.7 cm³/mol. The number of carbonyl (C=O) groups excluding carboxylic acids is 1. The Hall–Kier alpha value is -1.87. The van der Waals surface area contributed by atoms with Crippen molar-refractivity contribution in [1.82, 2.24) is 0 Å². The van der Waals surface area contributed by atoms with Crippen LogP contribution in [-0.4, -0.2) is 11.3 Å². The number of hydrogen-bond acceptors (Lipinski definition) is 2. The van der Waals surface area contributed by atoms with Gasteiger partial charge in [0.05, 0.1) is 5.56 Å². The normalized spacial score (nSPS) is 10.8. The Balaban J connectivity index is 1.85. The Morgan fingerprint density at radius 1 is 0.955 bits per heavy atom. The molecule has 2 aromatic carbocycles. The van der Waals surface area contributed by atoms with Gasteiger partial charge in [-0.15, -0.1) is 0 Å². The van der Waals surface area contributed by atoms with Gasteiger partial charge in [0, 0.05) is 5.33 Å². The second-order valence-corrected chi connectivity index (χ2v) is 5.68. The molecule has 114 valence electrons. The predicted octanol–water partition coefficient (Wildman–Crippen LogP) is 5.18. The first-order chi connectivity index (χ1) is 10.8. The fraction of sp³-hybridized carbons (Fsp3) is 0.211. The topological polar surface area (TPSA) is 26.3 Å². The molecule has 0 radical (unpaired) electrons. The number of alkyl halides is 1. The van der Waals surface area contributed by atoms with E-state index in [-0.39, 0.29) is 5.97 Å². The zero-order valence-electron chi connectivity index (χ0n) is 12.4. The molecule has 2 aromatic rings. The number of hydrogen-bond donors (Lipinski definition) is 0. The molecule has 0 aliphatic rings. The molecule has 0 atom stereocenters. The summed E-state index contributed by atoms with van der Waals surface area (Å²) in [5.41, 5.74) is 1.80. The van der Waals surface area contributed by atoms with Crippen LogP contribution in [0.2, 0.25) is 0 Å². The zero-order chi connectivity index (χ0) is 15.6. The molecule has 0 amide bonds. The first kappa shape index (κ1) is 16.5. The SMILES string of the molecule is O=C(Oc1ccc(CC/C=C/CCBr)cc1)c1ccccc1. The van der Waals surface area contributed by atoms with E-state index in [1.807, 2.05) is 42.5 Å². The Bertz CT molecular complexity index is 603. The molecule has 0 heterocycles. The Labute approximate surface area is 139 Å². The van der Waals surface area contributed by atoms with Crippen molar-refractivity contribution in [1.29, 1.82) is 0 Å². The number of carbonyl (C=O) groups is 1. The summed E-state index contributed by atoms with van der Waals surface area (Å²) in [6, 6.07) is 16.7. The minimum absolute atomic E-state index is 0.328. The van der Waals surface area contributed by atoms with Crippen LogP contribution in [0, 0.1) is 0 Å². The first-order valence-electron chi connectivity index (χ1n) is 7.37. The van der Waals surface area contributed by atoms with Crippen molar-refractivity contribution >= 4 is 21.9 Å². The van der Waals surface area contributed by atoms with Gasteiger partial charge in [-0.05, 0) is 49.1 Å². The molecule has 2 rings (SSSR count). The standard InChI is InChI=1S/C19H19BrO2/c20-15-7-2-1-4-8-16-11-13-18(14-12-16)22-19(21)17-9-5-3-6-10-17/h1-3,5-6,9-14H,4,7-8,15H2/b2-1+. The van der Waals surface area contributed by atoms with E-state index in [1.165, 1.54) is 5.56 Å². The lowest BCUT2D eigenvalue weighted by atomic mass is 10.1. The fourth-order valence-electron chi connectivity index (χ4n) is 2.01. The fourth-order valence-corrected chi connectivity index (χ4v) is 2.28. The van der Waals surface area contributed by atoms with Gasteiger partial charge in [0.1, 0.15) is 5.75 Å². The van der Waals surface area contributed by atoms with E-state index in [9.17, 15) is 4.79 Å². The molecule has 0 aromatic heterocycles. The Kier molecular flexibility index (Phi) is 6.91. The highest BCUT2D eigenvalue weighted by molar-refractivity contribution is 9.09. The van der Waals surface area contributed by atoms with E-state index in [0.717, 1.165) is 24.6 Å². The number of rotatable bonds is 7. The van der Waals surface area contributed by atoms with Crippen molar-refractivity contribution in [3.05, 3.63) is 77.9 Å². The van der Waals surface area contributed by atoms with E-state index < -0.39 is 0 Å². The minimum atomic E-state index is -0.328. The highest BCUT2D eigenvalue weighted by Gasteiger charge is 2.07. The monoisotopic (exact) mass is 358 g/mol. The van der Waals surface area contributed by atoms with Crippen LogP contribution in [0.25, 0.3) is 0 Å². The van der Waals surface area contributed by atoms with Gasteiger partial charge < -0.3 is 4.74 Å². The summed E-state index contributed by atoms with van der Waals surface area (Å²) in [7, 11) is 0. The molecule has 0 N–H and O–H groups in total. The zero-order valence-corrected chi connectivity index (χ0v) is 14.0. The molecular weight excluding hydrogens is 340 g/mol. The molecular formula is C19H19BrO2. The molecule has 0 spiro atoms. The molecule has 0 bridgehead atoms. The third-order valence-electron chi connectivity index (χ3n) is 3.19. The van der Waals surface area contributed by atoms with Gasteiger partial charge in [0.2, 0.25) is 0 Å². The molecule has 22 heavy (non-hydrogen) atoms. The third kappa shape index (κ3) is 5.49. The van der Waals surface area contributed by atoms with Crippen LogP contribution in [0.15, 0.2) is 66.7 Å². The Morgan fingerprint density at radius 2 is 1.64 bits per heavy atom. The number of esters is 1. The molecule has 2 nitrogen and oxygen atoms in total. The van der Waals surface area contributed by atoms with Crippen molar-refractivity contribution < 1.29 is 9.53 Å². The van der Waals surface area contributed by atoms with Crippen molar-refractivity contribution in [2.45, 2.75) is 19.3 Å². The summed E-state index contributed by atoms with van der Waals surface area (Å²) in [5, 5.41) is 1.00. The number of benzene rings is 2. The van der Waals surface area contributed by atoms with Crippen molar-refractivity contribution in [3.63, 3.8) is 0 Å². The van der Waals surface area contributed by atoms with Crippen LogP contribution in [0.3, 0.4) is 0 Å². The van der Waals surface area contributed by atoms with Crippen LogP contribution in [0.4, 0.5) is 0 Å². The molecule has 0 fully saturated rings. The average molecular weight is 359 g/mol. The van der Waals surface area contributed by atoms with Crippen LogP contribution >= 0.6 is 15.9 Å². The third-order valence-corrected chi connectivity index (χ3v) is 3.64. The number of aryl methyl sites for hydroxylation is 1. The maximum absolute atomic E-state index is 11.9. The van der Waals surface area contributed by atoms with Crippen molar-refractivity contribution in [3.8, 4) is 5.75 Å². The highest BCUT2D eigenvalue weighted by Crippen LogP contribution is 2.15. The maximum Gasteiger partial charge on any atom is 0.343 e. The van der Waals surface area contributed by atoms with Gasteiger partial charge in [-0.2, -0.15) is 0 Å². The highest BCUT2D eigenvalue weighted by atomic mass is 79.9. The summed E-state index contributed by atoms with van der Waals surface area (Å²) in [6.45, 7) is 0. The van der Waals surface area contributed by atoms with Crippen LogP contribution in [-0.2, 0) is 6.42 Å². The number of ether oxygens (including phenoxy) is 1. The molecule has 0 saturated heterocycles. The summed E-state index contributed by atoms with van der Waals surface area (Å²) in [5.74, 6) is 0.249. The van der Waals surface area contributed by atoms with Crippen molar-refractivity contribution in [2.24, 2.45) is 0 Å². The second-order valence-electron chi connectivity index (χ2n) is 4.89. The number of halogens is 1. The van der Waals surface area contributed by atoms with Crippen LogP contribution in [0.1, 0.15) is 28.8 Å². The van der Waals surface area contributed by atoms with Gasteiger partial charge in [-0.1, -0.05) is 58.4 Å². The van der Waals surface area contributed by atoms with Gasteiger partial charge in [0.25, 0.3) is 0 Å². The summed E-state index contributed by atoms with van der Waals surface area (Å²) >= 11 is 3.40. The molecule has 3 heteroatoms. The smallest absolute Gasteiger partial charge is 0.343 e. The first-order valence-corrected chi connectivity index (χ1v) is 8.49. The molecule has 0 aliphatic heterocycles. The van der Waals surface area contributed by atoms with Gasteiger partial charge in [-0.25, -0.2) is 4.79 Å². The Morgan fingerprint density at radius 3 is 2.32 bits per heavy atom. The minimum Gasteiger partial charge on any atom is -0.423 e. The quantitative estimate of drug-likeness (QED) is 0.295. The summed E-state index contributed by atoms with van der Waals surface area (Å²) in [6.07, 6.45) is 7.46. The molecule has 0 unspecified atom stereocenters. The van der Waals surface area contributed by atoms with E-state index in [2.05, 4.69) is 28.1 Å². The molecule has 0 saturated carbocycles. The van der Waals surface area contributed by atoms with Crippen LogP contribution < -0.4 is 4.74 Å². The van der Waals surface area contributed by atoms with E-state index in [1.54, 1.807) is 12.1 Å². The van der Waals surface area contributed by atoms with Crippen LogP contribution in [0.5, 0.6) is 5.75 Å².